The van der Waals surface area contributed by atoms with E-state index in [-0.39, 0.29) is 45.0 Å². The average molecular weight is 1020 g/mol. The minimum Gasteiger partial charge on any atom is -0.672 e. The molecule has 0 spiro atoms. The number of aromatic nitrogens is 2. The number of carboxylic acids is 4. The fourth-order valence-electron chi connectivity index (χ4n) is 9.66. The fourth-order valence-corrected chi connectivity index (χ4v) is 9.66. The molecule has 2 atom stereocenters. The molecule has 2 aromatic heterocycles. The second kappa shape index (κ2) is 21.0. The number of hydrogen-bond donors (Lipinski definition) is 4. The van der Waals surface area contributed by atoms with Crippen LogP contribution in [-0.4, -0.2) is 79.3 Å². The molecule has 4 N–H and O–H groups in total. The van der Waals surface area contributed by atoms with Gasteiger partial charge < -0.3 is 31.1 Å². The van der Waals surface area contributed by atoms with Crippen molar-refractivity contribution in [2.24, 2.45) is 9.98 Å². The zero-order valence-electron chi connectivity index (χ0n) is 40.2. The molecule has 8 aromatic rings. The SMILES string of the molecule is C=NC1C(c2ccccc2C)=CC(C(=O)O)=CC1(C)[N-]c1cc(C(=O)O)cc2c1ncc1ccccc12.C=Nc1c([N-]c2cc(C(=O)O)cc3c4c(cnc23)CC=CC4)cc(C(=O)O)cc1-c1ccccc1C.[Fe+2]. The number of carbonyl (C=O) groups is 4. The number of carboxylic acid groups (broad SMARTS) is 4. The smallest absolute Gasteiger partial charge is 0.672 e. The molecule has 14 nitrogen and oxygen atoms in total. The van der Waals surface area contributed by atoms with E-state index >= 15 is 0 Å². The molecule has 2 heterocycles. The maximum Gasteiger partial charge on any atom is 2.00 e. The van der Waals surface area contributed by atoms with E-state index in [9.17, 15) is 39.6 Å². The summed E-state index contributed by atoms with van der Waals surface area (Å²) in [7, 11) is 0. The summed E-state index contributed by atoms with van der Waals surface area (Å²) in [5.41, 5.74) is 8.34. The Bertz CT molecular complexity index is 3770. The first-order valence-electron chi connectivity index (χ1n) is 23.0. The Balaban J connectivity index is 0.000000194. The molecule has 10 rings (SSSR count). The van der Waals surface area contributed by atoms with E-state index in [1.807, 2.05) is 86.6 Å². The van der Waals surface area contributed by atoms with Gasteiger partial charge in [0.25, 0.3) is 0 Å². The van der Waals surface area contributed by atoms with Gasteiger partial charge in [0.15, 0.2) is 0 Å². The molecule has 0 aliphatic heterocycles. The van der Waals surface area contributed by atoms with E-state index in [2.05, 4.69) is 45.5 Å². The van der Waals surface area contributed by atoms with Gasteiger partial charge in [-0.05, 0) is 109 Å². The number of allylic oxidation sites excluding steroid dienone is 2. The van der Waals surface area contributed by atoms with Gasteiger partial charge in [0.05, 0.1) is 45.0 Å². The Hall–Kier alpha value is -9.04. The summed E-state index contributed by atoms with van der Waals surface area (Å²) in [4.78, 5) is 66.0. The molecule has 0 saturated heterocycles. The molecular formula is C59H46FeN6O8. The van der Waals surface area contributed by atoms with Crippen molar-refractivity contribution >= 4 is 98.2 Å². The number of benzene rings is 6. The van der Waals surface area contributed by atoms with Gasteiger partial charge in [0, 0.05) is 34.1 Å². The summed E-state index contributed by atoms with van der Waals surface area (Å²) in [6.45, 7) is 13.2. The first-order valence-corrected chi connectivity index (χ1v) is 23.0. The number of aliphatic carboxylic acids is 1. The van der Waals surface area contributed by atoms with Gasteiger partial charge in [-0.25, -0.2) is 19.2 Å². The zero-order chi connectivity index (χ0) is 51.7. The van der Waals surface area contributed by atoms with Gasteiger partial charge in [-0.2, -0.15) is 0 Å². The third-order valence-corrected chi connectivity index (χ3v) is 13.2. The van der Waals surface area contributed by atoms with Gasteiger partial charge in [0.1, 0.15) is 0 Å². The predicted molar refractivity (Wildman–Crippen MR) is 287 cm³/mol. The largest absolute Gasteiger partial charge is 2.00 e. The normalized spacial score (nSPS) is 15.6. The Morgan fingerprint density at radius 1 is 0.635 bits per heavy atom. The Kier molecular flexibility index (Phi) is 14.5. The summed E-state index contributed by atoms with van der Waals surface area (Å²) < 4.78 is 0. The van der Waals surface area contributed by atoms with Crippen molar-refractivity contribution in [1.82, 2.24) is 9.97 Å². The fraction of sp³-hybridized carbons (Fsp3) is 0.119. The summed E-state index contributed by atoms with van der Waals surface area (Å²) >= 11 is 0. The molecular weight excluding hydrogens is 977 g/mol. The van der Waals surface area contributed by atoms with E-state index in [1.165, 1.54) is 18.2 Å². The van der Waals surface area contributed by atoms with E-state index in [1.54, 1.807) is 49.7 Å². The Morgan fingerprint density at radius 2 is 1.20 bits per heavy atom. The molecule has 15 heteroatoms. The molecule has 368 valence electrons. The van der Waals surface area contributed by atoms with Gasteiger partial charge in [-0.1, -0.05) is 122 Å². The van der Waals surface area contributed by atoms with E-state index in [0.29, 0.717) is 51.0 Å². The van der Waals surface area contributed by atoms with Crippen LogP contribution in [0.25, 0.3) is 59.9 Å². The summed E-state index contributed by atoms with van der Waals surface area (Å²) in [5, 5.41) is 52.2. The van der Waals surface area contributed by atoms with Crippen molar-refractivity contribution in [2.45, 2.75) is 45.2 Å². The molecule has 0 amide bonds. The number of rotatable bonds is 12. The van der Waals surface area contributed by atoms with Crippen LogP contribution in [0.2, 0.25) is 0 Å². The predicted octanol–water partition coefficient (Wildman–Crippen LogP) is 13.3. The number of fused-ring (bicyclic) bond motifs is 6. The van der Waals surface area contributed by atoms with Crippen LogP contribution < -0.4 is 0 Å². The first-order chi connectivity index (χ1) is 35.1. The van der Waals surface area contributed by atoms with Crippen LogP contribution in [0.4, 0.5) is 22.7 Å². The van der Waals surface area contributed by atoms with Crippen LogP contribution in [0.3, 0.4) is 0 Å². The molecule has 2 aliphatic carbocycles. The maximum absolute atomic E-state index is 12.2. The number of hydrogen-bond acceptors (Lipinski definition) is 8. The first kappa shape index (κ1) is 51.3. The monoisotopic (exact) mass is 1020 g/mol. The quantitative estimate of drug-likeness (QED) is 0.0391. The Labute approximate surface area is 435 Å². The molecule has 74 heavy (non-hydrogen) atoms. The standard InChI is InChI=1S/C30H24N3O4.C29H22N3O4.Fe/c1-17-8-4-6-10-21(17)24-13-20(29(36)37)15-30(2,27(24)31-3)33-25-14-19(28(34)35)12-23-22-11-7-5-9-18(22)16-32-26(23)25;1-16-7-3-5-9-20(16)22-11-18(28(33)34)13-24(26(22)30-2)32-25-14-19(29(35)36)12-23-21-10-6-4-8-17(21)15-31-27(23)25;/h4-16,27H,3H2,1-2H3,(H,34,35)(H,36,37);3-7,9,11-15H,2,8,10H2,1H3,(H,33,34)(H,35,36);/q2*-1;+2. The molecule has 0 radical (unpaired) electrons. The van der Waals surface area contributed by atoms with Crippen LogP contribution >= 0.6 is 0 Å². The van der Waals surface area contributed by atoms with E-state index in [4.69, 9.17) is 10.6 Å². The Morgan fingerprint density at radius 3 is 1.85 bits per heavy atom. The van der Waals surface area contributed by atoms with Gasteiger partial charge >= 0.3 is 40.9 Å². The third-order valence-electron chi connectivity index (χ3n) is 13.2. The van der Waals surface area contributed by atoms with Crippen LogP contribution in [0, 0.1) is 13.8 Å². The van der Waals surface area contributed by atoms with E-state index < -0.39 is 35.5 Å². The van der Waals surface area contributed by atoms with Crippen molar-refractivity contribution in [3.05, 3.63) is 207 Å². The summed E-state index contributed by atoms with van der Waals surface area (Å²) in [5.74, 6) is -4.39. The molecule has 2 aliphatic rings. The number of aryl methyl sites for hydroxylation is 2. The molecule has 0 saturated carbocycles. The summed E-state index contributed by atoms with van der Waals surface area (Å²) in [6, 6.07) is 31.3. The van der Waals surface area contributed by atoms with Crippen molar-refractivity contribution in [3.63, 3.8) is 0 Å². The van der Waals surface area contributed by atoms with E-state index in [0.717, 1.165) is 56.0 Å². The molecule has 0 fully saturated rings. The van der Waals surface area contributed by atoms with Gasteiger partial charge in [-0.3, -0.25) is 20.0 Å². The topological polar surface area (TPSA) is 228 Å². The average Bonchev–Trinajstić information content (AvgIpc) is 3.38. The van der Waals surface area contributed by atoms with Gasteiger partial charge in [0.2, 0.25) is 0 Å². The van der Waals surface area contributed by atoms with Crippen molar-refractivity contribution in [2.75, 3.05) is 0 Å². The molecule has 0 bridgehead atoms. The molecule has 2 unspecified atom stereocenters. The van der Waals surface area contributed by atoms with Crippen LogP contribution in [0.15, 0.2) is 161 Å². The number of aliphatic imine (C=N–C) groups is 2. The van der Waals surface area contributed by atoms with Crippen LogP contribution in [-0.2, 0) is 34.7 Å². The number of aromatic carboxylic acids is 3. The zero-order valence-corrected chi connectivity index (χ0v) is 41.3. The summed E-state index contributed by atoms with van der Waals surface area (Å²) in [6.07, 6.45) is 12.2. The number of pyridine rings is 2. The minimum atomic E-state index is -1.18. The molecule has 6 aromatic carbocycles. The number of nitrogens with zero attached hydrogens (tertiary/aromatic N) is 6. The van der Waals surface area contributed by atoms with Crippen LogP contribution in [0.1, 0.15) is 65.8 Å². The van der Waals surface area contributed by atoms with Gasteiger partial charge in [-0.15, -0.1) is 17.1 Å². The maximum atomic E-state index is 12.2. The van der Waals surface area contributed by atoms with Crippen molar-refractivity contribution in [1.29, 1.82) is 0 Å². The minimum absolute atomic E-state index is 0. The van der Waals surface area contributed by atoms with Crippen molar-refractivity contribution < 1.29 is 56.7 Å². The second-order valence-corrected chi connectivity index (χ2v) is 17.9. The van der Waals surface area contributed by atoms with Crippen LogP contribution in [0.5, 0.6) is 0 Å². The van der Waals surface area contributed by atoms with Crippen molar-refractivity contribution in [3.8, 4) is 11.1 Å². The second-order valence-electron chi connectivity index (χ2n) is 17.9. The third kappa shape index (κ3) is 9.81.